The van der Waals surface area contributed by atoms with Crippen LogP contribution in [0.25, 0.3) is 11.3 Å². The number of nitrogens with zero attached hydrogens (tertiary/aromatic N) is 2. The molecule has 4 rings (SSSR count). The lowest BCUT2D eigenvalue weighted by molar-refractivity contribution is 0.0950. The van der Waals surface area contributed by atoms with Crippen LogP contribution in [0.1, 0.15) is 21.6 Å². The van der Waals surface area contributed by atoms with Crippen molar-refractivity contribution in [3.63, 3.8) is 0 Å². The van der Waals surface area contributed by atoms with Crippen LogP contribution in [0.2, 0.25) is 0 Å². The van der Waals surface area contributed by atoms with E-state index in [0.29, 0.717) is 17.9 Å². The summed E-state index contributed by atoms with van der Waals surface area (Å²) in [6, 6.07) is 24.8. The van der Waals surface area contributed by atoms with Crippen molar-refractivity contribution in [3.05, 3.63) is 108 Å². The van der Waals surface area contributed by atoms with Gasteiger partial charge < -0.3 is 4.74 Å². The Morgan fingerprint density at radius 2 is 1.77 bits per heavy atom. The van der Waals surface area contributed by atoms with Crippen LogP contribution in [0.5, 0.6) is 5.75 Å². The van der Waals surface area contributed by atoms with Crippen LogP contribution in [-0.2, 0) is 6.61 Å². The lowest BCUT2D eigenvalue weighted by Crippen LogP contribution is -2.17. The van der Waals surface area contributed by atoms with Crippen molar-refractivity contribution in [2.75, 3.05) is 0 Å². The van der Waals surface area contributed by atoms with Gasteiger partial charge in [-0.25, -0.2) is 9.82 Å². The number of hydrazone groups is 1. The molecular formula is C24H19FN4O2. The number of benzene rings is 3. The number of hydrogen-bond acceptors (Lipinski definition) is 4. The van der Waals surface area contributed by atoms with Gasteiger partial charge in [-0.2, -0.15) is 10.2 Å². The minimum Gasteiger partial charge on any atom is -0.489 e. The topological polar surface area (TPSA) is 79.4 Å². The summed E-state index contributed by atoms with van der Waals surface area (Å²) in [6.45, 7) is 0.491. The molecule has 1 amide bonds. The van der Waals surface area contributed by atoms with Crippen LogP contribution < -0.4 is 10.2 Å². The van der Waals surface area contributed by atoms with Gasteiger partial charge in [-0.05, 0) is 53.6 Å². The molecule has 6 nitrogen and oxygen atoms in total. The van der Waals surface area contributed by atoms with E-state index in [1.54, 1.807) is 18.2 Å². The molecule has 0 saturated carbocycles. The number of carbonyl (C=O) groups excluding carboxylic acids is 1. The number of aromatic amines is 1. The van der Waals surface area contributed by atoms with E-state index < -0.39 is 5.91 Å². The molecule has 0 aliphatic carbocycles. The third-order valence-electron chi connectivity index (χ3n) is 4.47. The molecule has 2 N–H and O–H groups in total. The van der Waals surface area contributed by atoms with Gasteiger partial charge in [0.05, 0.1) is 11.9 Å². The molecule has 0 aliphatic rings. The molecule has 4 aromatic rings. The summed E-state index contributed by atoms with van der Waals surface area (Å²) in [5.41, 5.74) is 5.92. The number of amides is 1. The van der Waals surface area contributed by atoms with Gasteiger partial charge in [-0.15, -0.1) is 0 Å². The van der Waals surface area contributed by atoms with E-state index >= 15 is 0 Å². The van der Waals surface area contributed by atoms with Crippen molar-refractivity contribution in [1.82, 2.24) is 15.6 Å². The minimum absolute atomic E-state index is 0.274. The quantitative estimate of drug-likeness (QED) is 0.344. The van der Waals surface area contributed by atoms with Gasteiger partial charge in [0.2, 0.25) is 0 Å². The van der Waals surface area contributed by atoms with E-state index in [0.717, 1.165) is 16.9 Å². The molecule has 31 heavy (non-hydrogen) atoms. The highest BCUT2D eigenvalue weighted by Crippen LogP contribution is 2.22. The zero-order valence-electron chi connectivity index (χ0n) is 16.5. The molecule has 154 valence electrons. The summed E-state index contributed by atoms with van der Waals surface area (Å²) in [5, 5.41) is 10.8. The second-order valence-corrected chi connectivity index (χ2v) is 6.72. The fraction of sp³-hybridized carbons (Fsp3) is 0.0417. The highest BCUT2D eigenvalue weighted by atomic mass is 19.1. The maximum atomic E-state index is 12.9. The van der Waals surface area contributed by atoms with Crippen LogP contribution in [0.15, 0.2) is 90.0 Å². The van der Waals surface area contributed by atoms with Gasteiger partial charge in [0, 0.05) is 5.56 Å². The standard InChI is InChI=1S/C24H19FN4O2/c25-20-10-6-17(7-11-20)15-26-29-24(30)23-14-22(27-28-23)19-8-12-21(13-9-19)31-16-18-4-2-1-3-5-18/h1-15H,16H2,(H,27,28)(H,29,30). The SMILES string of the molecule is O=C(NN=Cc1ccc(F)cc1)c1cc(-c2ccc(OCc3ccccc3)cc2)n[nH]1. The van der Waals surface area contributed by atoms with Gasteiger partial charge in [-0.1, -0.05) is 42.5 Å². The van der Waals surface area contributed by atoms with Crippen molar-refractivity contribution >= 4 is 12.1 Å². The Hall–Kier alpha value is -4.26. The van der Waals surface area contributed by atoms with Crippen LogP contribution in [-0.4, -0.2) is 22.3 Å². The van der Waals surface area contributed by atoms with Crippen LogP contribution in [0, 0.1) is 5.82 Å². The highest BCUT2D eigenvalue weighted by Gasteiger charge is 2.10. The van der Waals surface area contributed by atoms with Gasteiger partial charge in [0.1, 0.15) is 23.9 Å². The van der Waals surface area contributed by atoms with Crippen molar-refractivity contribution in [3.8, 4) is 17.0 Å². The van der Waals surface area contributed by atoms with Gasteiger partial charge in [0.25, 0.3) is 5.91 Å². The first-order chi connectivity index (χ1) is 15.2. The predicted molar refractivity (Wildman–Crippen MR) is 116 cm³/mol. The van der Waals surface area contributed by atoms with E-state index in [-0.39, 0.29) is 11.5 Å². The number of carbonyl (C=O) groups is 1. The smallest absolute Gasteiger partial charge is 0.289 e. The number of ether oxygens (including phenoxy) is 1. The van der Waals surface area contributed by atoms with Crippen LogP contribution in [0.3, 0.4) is 0 Å². The van der Waals surface area contributed by atoms with Gasteiger partial charge in [0.15, 0.2) is 0 Å². The largest absolute Gasteiger partial charge is 0.489 e. The Labute approximate surface area is 178 Å². The van der Waals surface area contributed by atoms with Crippen molar-refractivity contribution in [1.29, 1.82) is 0 Å². The summed E-state index contributed by atoms with van der Waals surface area (Å²) in [4.78, 5) is 12.2. The molecule has 1 heterocycles. The summed E-state index contributed by atoms with van der Waals surface area (Å²) in [7, 11) is 0. The molecule has 0 fully saturated rings. The lowest BCUT2D eigenvalue weighted by atomic mass is 10.1. The lowest BCUT2D eigenvalue weighted by Gasteiger charge is -2.06. The van der Waals surface area contributed by atoms with Crippen LogP contribution in [0.4, 0.5) is 4.39 Å². The second-order valence-electron chi connectivity index (χ2n) is 6.72. The minimum atomic E-state index is -0.431. The predicted octanol–water partition coefficient (Wildman–Crippen LogP) is 4.56. The molecular weight excluding hydrogens is 395 g/mol. The molecule has 0 saturated heterocycles. The Bertz CT molecular complexity index is 1170. The molecule has 3 aromatic carbocycles. The Kier molecular flexibility index (Phi) is 6.13. The van der Waals surface area contributed by atoms with Crippen molar-refractivity contribution in [2.24, 2.45) is 5.10 Å². The van der Waals surface area contributed by atoms with E-state index in [4.69, 9.17) is 4.74 Å². The summed E-state index contributed by atoms with van der Waals surface area (Å²) >= 11 is 0. The van der Waals surface area contributed by atoms with Gasteiger partial charge in [-0.3, -0.25) is 9.89 Å². The number of aromatic nitrogens is 2. The fourth-order valence-electron chi connectivity index (χ4n) is 2.82. The number of halogens is 1. The number of H-pyrrole nitrogens is 1. The molecule has 1 aromatic heterocycles. The molecule has 0 aliphatic heterocycles. The molecule has 0 radical (unpaired) electrons. The number of rotatable bonds is 7. The zero-order chi connectivity index (χ0) is 21.5. The third-order valence-corrected chi connectivity index (χ3v) is 4.47. The molecule has 0 spiro atoms. The average molecular weight is 414 g/mol. The van der Waals surface area contributed by atoms with E-state index in [1.165, 1.54) is 18.3 Å². The molecule has 0 atom stereocenters. The zero-order valence-corrected chi connectivity index (χ0v) is 16.5. The first-order valence-electron chi connectivity index (χ1n) is 9.59. The van der Waals surface area contributed by atoms with E-state index in [2.05, 4.69) is 20.7 Å². The maximum Gasteiger partial charge on any atom is 0.289 e. The third kappa shape index (κ3) is 5.42. The Morgan fingerprint density at radius 3 is 2.52 bits per heavy atom. The molecule has 0 unspecified atom stereocenters. The first-order valence-corrected chi connectivity index (χ1v) is 9.59. The number of nitrogens with one attached hydrogen (secondary N) is 2. The normalized spacial score (nSPS) is 10.9. The van der Waals surface area contributed by atoms with Crippen LogP contribution >= 0.6 is 0 Å². The summed E-state index contributed by atoms with van der Waals surface area (Å²) < 4.78 is 18.7. The maximum absolute atomic E-state index is 12.9. The number of hydrogen-bond donors (Lipinski definition) is 2. The van der Waals surface area contributed by atoms with E-state index in [9.17, 15) is 9.18 Å². The summed E-state index contributed by atoms with van der Waals surface area (Å²) in [6.07, 6.45) is 1.43. The van der Waals surface area contributed by atoms with E-state index in [1.807, 2.05) is 54.6 Å². The second kappa shape index (κ2) is 9.49. The van der Waals surface area contributed by atoms with Gasteiger partial charge >= 0.3 is 0 Å². The molecule has 7 heteroatoms. The average Bonchev–Trinajstić information content (AvgIpc) is 3.30. The Morgan fingerprint density at radius 1 is 1.03 bits per heavy atom. The molecule has 0 bridgehead atoms. The summed E-state index contributed by atoms with van der Waals surface area (Å²) in [5.74, 6) is -0.0156. The monoisotopic (exact) mass is 414 g/mol. The highest BCUT2D eigenvalue weighted by molar-refractivity contribution is 5.94. The Balaban J connectivity index is 1.34. The first kappa shape index (κ1) is 20.0. The van der Waals surface area contributed by atoms with Crippen molar-refractivity contribution < 1.29 is 13.9 Å². The fourth-order valence-corrected chi connectivity index (χ4v) is 2.82. The van der Waals surface area contributed by atoms with Crippen molar-refractivity contribution in [2.45, 2.75) is 6.61 Å².